The van der Waals surface area contributed by atoms with Crippen LogP contribution >= 0.6 is 27.7 Å². The van der Waals surface area contributed by atoms with Gasteiger partial charge < -0.3 is 4.74 Å². The van der Waals surface area contributed by atoms with Gasteiger partial charge >= 0.3 is 0 Å². The molecule has 0 amide bonds. The van der Waals surface area contributed by atoms with E-state index in [1.165, 1.54) is 17.9 Å². The van der Waals surface area contributed by atoms with E-state index < -0.39 is 0 Å². The first-order valence-corrected chi connectivity index (χ1v) is 7.91. The third-order valence-corrected chi connectivity index (χ3v) is 4.37. The molecular weight excluding hydrogens is 298 g/mol. The van der Waals surface area contributed by atoms with Gasteiger partial charge in [0.1, 0.15) is 0 Å². The Morgan fingerprint density at radius 1 is 1.18 bits per heavy atom. The predicted octanol–water partition coefficient (Wildman–Crippen LogP) is 3.01. The van der Waals surface area contributed by atoms with E-state index in [4.69, 9.17) is 4.74 Å². The van der Waals surface area contributed by atoms with Crippen LogP contribution in [0.4, 0.5) is 0 Å². The molecule has 0 spiro atoms. The van der Waals surface area contributed by atoms with Gasteiger partial charge in [0.15, 0.2) is 0 Å². The molecule has 0 N–H and O–H groups in total. The van der Waals surface area contributed by atoms with Gasteiger partial charge in [0.2, 0.25) is 0 Å². The number of thioether (sulfide) groups is 1. The summed E-state index contributed by atoms with van der Waals surface area (Å²) in [6.45, 7) is 5.18. The van der Waals surface area contributed by atoms with Crippen molar-refractivity contribution in [3.05, 3.63) is 34.3 Å². The number of hydrogen-bond donors (Lipinski definition) is 0. The van der Waals surface area contributed by atoms with Gasteiger partial charge in [0, 0.05) is 35.6 Å². The highest BCUT2D eigenvalue weighted by Gasteiger charge is 2.09. The minimum Gasteiger partial charge on any atom is -0.379 e. The van der Waals surface area contributed by atoms with E-state index in [0.29, 0.717) is 0 Å². The van der Waals surface area contributed by atoms with E-state index in [2.05, 4.69) is 45.1 Å². The minimum atomic E-state index is 0.900. The number of nitrogens with zero attached hydrogens (tertiary/aromatic N) is 1. The van der Waals surface area contributed by atoms with Crippen molar-refractivity contribution in [2.24, 2.45) is 0 Å². The molecule has 1 aliphatic rings. The minimum absolute atomic E-state index is 0.900. The van der Waals surface area contributed by atoms with Crippen LogP contribution in [-0.2, 0) is 10.5 Å². The summed E-state index contributed by atoms with van der Waals surface area (Å²) in [7, 11) is 0. The van der Waals surface area contributed by atoms with Crippen LogP contribution in [0.5, 0.6) is 0 Å². The number of benzene rings is 1. The van der Waals surface area contributed by atoms with Gasteiger partial charge in [-0.25, -0.2) is 0 Å². The van der Waals surface area contributed by atoms with Crippen molar-refractivity contribution in [2.45, 2.75) is 5.75 Å². The molecule has 2 rings (SSSR count). The Balaban J connectivity index is 1.60. The predicted molar refractivity (Wildman–Crippen MR) is 77.6 cm³/mol. The molecule has 0 unspecified atom stereocenters. The Labute approximate surface area is 116 Å². The molecule has 4 heteroatoms. The van der Waals surface area contributed by atoms with Gasteiger partial charge in [0.05, 0.1) is 13.2 Å². The van der Waals surface area contributed by atoms with Crippen LogP contribution in [-0.4, -0.2) is 43.5 Å². The Morgan fingerprint density at radius 3 is 2.59 bits per heavy atom. The van der Waals surface area contributed by atoms with Crippen molar-refractivity contribution in [1.29, 1.82) is 0 Å². The third-order valence-electron chi connectivity index (χ3n) is 2.84. The van der Waals surface area contributed by atoms with Crippen molar-refractivity contribution in [3.8, 4) is 0 Å². The lowest BCUT2D eigenvalue weighted by Gasteiger charge is -2.26. The number of hydrogen-bond acceptors (Lipinski definition) is 3. The quantitative estimate of drug-likeness (QED) is 0.775. The van der Waals surface area contributed by atoms with E-state index in [0.717, 1.165) is 36.5 Å². The second-order valence-corrected chi connectivity index (χ2v) is 6.15. The Bertz CT molecular complexity index is 325. The molecule has 0 atom stereocenters. The molecular formula is C13H18BrNOS. The van der Waals surface area contributed by atoms with E-state index in [1.54, 1.807) is 0 Å². The van der Waals surface area contributed by atoms with E-state index in [-0.39, 0.29) is 0 Å². The number of ether oxygens (including phenoxy) is 1. The van der Waals surface area contributed by atoms with E-state index >= 15 is 0 Å². The highest BCUT2D eigenvalue weighted by molar-refractivity contribution is 9.10. The van der Waals surface area contributed by atoms with Crippen LogP contribution in [0, 0.1) is 0 Å². The van der Waals surface area contributed by atoms with Crippen LogP contribution < -0.4 is 0 Å². The summed E-state index contributed by atoms with van der Waals surface area (Å²) >= 11 is 5.46. The van der Waals surface area contributed by atoms with Gasteiger partial charge in [0.25, 0.3) is 0 Å². The second kappa shape index (κ2) is 7.41. The van der Waals surface area contributed by atoms with E-state index in [9.17, 15) is 0 Å². The molecule has 94 valence electrons. The number of rotatable bonds is 5. The Morgan fingerprint density at radius 2 is 1.88 bits per heavy atom. The zero-order chi connectivity index (χ0) is 11.9. The molecule has 1 aromatic carbocycles. The van der Waals surface area contributed by atoms with Crippen molar-refractivity contribution in [1.82, 2.24) is 4.90 Å². The zero-order valence-corrected chi connectivity index (χ0v) is 12.3. The first-order valence-electron chi connectivity index (χ1n) is 5.97. The van der Waals surface area contributed by atoms with Crippen LogP contribution in [0.2, 0.25) is 0 Å². The second-order valence-electron chi connectivity index (χ2n) is 4.13. The summed E-state index contributed by atoms with van der Waals surface area (Å²) < 4.78 is 6.49. The number of halogens is 1. The van der Waals surface area contributed by atoms with Crippen molar-refractivity contribution >= 4 is 27.7 Å². The fourth-order valence-electron chi connectivity index (χ4n) is 1.79. The summed E-state index contributed by atoms with van der Waals surface area (Å²) in [6, 6.07) is 8.59. The smallest absolute Gasteiger partial charge is 0.0594 e. The summed E-state index contributed by atoms with van der Waals surface area (Å²) in [5.41, 5.74) is 1.40. The average molecular weight is 316 g/mol. The van der Waals surface area contributed by atoms with Gasteiger partial charge in [-0.3, -0.25) is 4.90 Å². The van der Waals surface area contributed by atoms with Crippen LogP contribution in [0.1, 0.15) is 5.56 Å². The molecule has 0 aliphatic carbocycles. The molecule has 1 heterocycles. The van der Waals surface area contributed by atoms with Crippen molar-refractivity contribution in [2.75, 3.05) is 38.6 Å². The molecule has 1 fully saturated rings. The average Bonchev–Trinajstić information content (AvgIpc) is 2.38. The summed E-state index contributed by atoms with van der Waals surface area (Å²) in [5, 5.41) is 0. The maximum absolute atomic E-state index is 5.33. The molecule has 0 saturated carbocycles. The SMILES string of the molecule is Brc1ccc(CSCCN2CCOCC2)cc1. The van der Waals surface area contributed by atoms with E-state index in [1.807, 2.05) is 11.8 Å². The highest BCUT2D eigenvalue weighted by atomic mass is 79.9. The van der Waals surface area contributed by atoms with Crippen LogP contribution in [0.3, 0.4) is 0 Å². The molecule has 1 aromatic rings. The lowest BCUT2D eigenvalue weighted by Crippen LogP contribution is -2.37. The normalized spacial score (nSPS) is 17.2. The van der Waals surface area contributed by atoms with Crippen LogP contribution in [0.25, 0.3) is 0 Å². The molecule has 0 radical (unpaired) electrons. The monoisotopic (exact) mass is 315 g/mol. The third kappa shape index (κ3) is 5.00. The van der Waals surface area contributed by atoms with Crippen LogP contribution in [0.15, 0.2) is 28.7 Å². The molecule has 0 bridgehead atoms. The standard InChI is InChI=1S/C13H18BrNOS/c14-13-3-1-12(2-4-13)11-17-10-7-15-5-8-16-9-6-15/h1-4H,5-11H2. The lowest BCUT2D eigenvalue weighted by atomic mass is 10.2. The Kier molecular flexibility index (Phi) is 5.85. The molecule has 17 heavy (non-hydrogen) atoms. The molecule has 1 saturated heterocycles. The molecule has 2 nitrogen and oxygen atoms in total. The summed E-state index contributed by atoms with van der Waals surface area (Å²) in [4.78, 5) is 2.48. The fraction of sp³-hybridized carbons (Fsp3) is 0.538. The molecule has 1 aliphatic heterocycles. The maximum Gasteiger partial charge on any atom is 0.0594 e. The summed E-state index contributed by atoms with van der Waals surface area (Å²) in [6.07, 6.45) is 0. The maximum atomic E-state index is 5.33. The van der Waals surface area contributed by atoms with Gasteiger partial charge in [-0.1, -0.05) is 28.1 Å². The largest absolute Gasteiger partial charge is 0.379 e. The van der Waals surface area contributed by atoms with Gasteiger partial charge in [-0.2, -0.15) is 11.8 Å². The molecule has 0 aromatic heterocycles. The Hall–Kier alpha value is -0.0300. The van der Waals surface area contributed by atoms with Crippen molar-refractivity contribution in [3.63, 3.8) is 0 Å². The zero-order valence-electron chi connectivity index (χ0n) is 9.90. The highest BCUT2D eigenvalue weighted by Crippen LogP contribution is 2.16. The summed E-state index contributed by atoms with van der Waals surface area (Å²) in [5.74, 6) is 2.31. The fourth-order valence-corrected chi connectivity index (χ4v) is 3.01. The first-order chi connectivity index (χ1) is 8.34. The lowest BCUT2D eigenvalue weighted by molar-refractivity contribution is 0.0410. The first kappa shape index (κ1) is 13.4. The topological polar surface area (TPSA) is 12.5 Å². The number of morpholine rings is 1. The van der Waals surface area contributed by atoms with Gasteiger partial charge in [-0.15, -0.1) is 0 Å². The van der Waals surface area contributed by atoms with Crippen molar-refractivity contribution < 1.29 is 4.74 Å². The van der Waals surface area contributed by atoms with Gasteiger partial charge in [-0.05, 0) is 17.7 Å².